The summed E-state index contributed by atoms with van der Waals surface area (Å²) in [5.41, 5.74) is 0. The molecule has 1 aromatic heterocycles. The molecule has 0 saturated carbocycles. The van der Waals surface area contributed by atoms with Gasteiger partial charge in [0.15, 0.2) is 6.04 Å². The highest BCUT2D eigenvalue weighted by Crippen LogP contribution is 2.38. The molecule has 0 amide bonds. The van der Waals surface area contributed by atoms with Gasteiger partial charge in [-0.15, -0.1) is 0 Å². The van der Waals surface area contributed by atoms with Crippen LogP contribution in [-0.2, 0) is 0 Å². The van der Waals surface area contributed by atoms with Gasteiger partial charge < -0.3 is 5.32 Å². The van der Waals surface area contributed by atoms with Crippen molar-refractivity contribution >= 4 is 28.4 Å². The number of fused-ring (bicyclic) bond motifs is 1. The van der Waals surface area contributed by atoms with E-state index in [-0.39, 0.29) is 6.42 Å². The second kappa shape index (κ2) is 3.28. The molecule has 2 heterocycles. The molecule has 2 rings (SSSR count). The van der Waals surface area contributed by atoms with Gasteiger partial charge in [-0.3, -0.25) is 0 Å². The molecule has 1 unspecified atom stereocenters. The molecule has 0 aliphatic carbocycles. The van der Waals surface area contributed by atoms with Gasteiger partial charge in [0.05, 0.1) is 9.77 Å². The number of nitrogens with one attached hydrogen (secondary N) is 1. The fourth-order valence-corrected chi connectivity index (χ4v) is 2.06. The Morgan fingerprint density at radius 3 is 2.93 bits per heavy atom. The fraction of sp³-hybridized carbons (Fsp3) is 0.571. The fourth-order valence-electron chi connectivity index (χ4n) is 1.49. The van der Waals surface area contributed by atoms with Crippen molar-refractivity contribution in [2.24, 2.45) is 0 Å². The summed E-state index contributed by atoms with van der Waals surface area (Å²) < 4.78 is 39.4. The van der Waals surface area contributed by atoms with Crippen molar-refractivity contribution in [3.8, 4) is 0 Å². The molecule has 3 nitrogen and oxygen atoms in total. The number of rotatable bonds is 0. The summed E-state index contributed by atoms with van der Waals surface area (Å²) >= 11 is 1.96. The quantitative estimate of drug-likeness (QED) is 0.745. The minimum absolute atomic E-state index is 0.0360. The lowest BCUT2D eigenvalue weighted by molar-refractivity contribution is -0.171. The largest absolute Gasteiger partial charge is 0.410 e. The van der Waals surface area contributed by atoms with E-state index in [1.807, 2.05) is 22.6 Å². The van der Waals surface area contributed by atoms with Crippen LogP contribution in [0.5, 0.6) is 0 Å². The van der Waals surface area contributed by atoms with Gasteiger partial charge in [0.25, 0.3) is 0 Å². The van der Waals surface area contributed by atoms with Crippen LogP contribution in [0, 0.1) is 3.57 Å². The maximum absolute atomic E-state index is 12.5. The summed E-state index contributed by atoms with van der Waals surface area (Å²) in [6, 6.07) is -1.48. The number of aromatic nitrogens is 2. The Labute approximate surface area is 91.8 Å². The second-order valence-electron chi connectivity index (χ2n) is 3.06. The van der Waals surface area contributed by atoms with Crippen molar-refractivity contribution < 1.29 is 13.2 Å². The Bertz CT molecular complexity index is 346. The van der Waals surface area contributed by atoms with Gasteiger partial charge >= 0.3 is 6.18 Å². The molecule has 0 aromatic carbocycles. The van der Waals surface area contributed by atoms with Gasteiger partial charge in [0, 0.05) is 6.54 Å². The number of alkyl halides is 3. The first-order valence-electron chi connectivity index (χ1n) is 4.04. The van der Waals surface area contributed by atoms with E-state index in [0.29, 0.717) is 12.4 Å². The monoisotopic (exact) mass is 317 g/mol. The molecule has 0 saturated heterocycles. The lowest BCUT2D eigenvalue weighted by Gasteiger charge is -2.27. The smallest absolute Gasteiger partial charge is 0.369 e. The van der Waals surface area contributed by atoms with E-state index >= 15 is 0 Å². The van der Waals surface area contributed by atoms with Gasteiger partial charge in [-0.05, 0) is 29.0 Å². The van der Waals surface area contributed by atoms with Crippen LogP contribution in [0.4, 0.5) is 19.0 Å². The highest BCUT2D eigenvalue weighted by atomic mass is 127. The van der Waals surface area contributed by atoms with Crippen LogP contribution in [0.2, 0.25) is 0 Å². The van der Waals surface area contributed by atoms with E-state index in [4.69, 9.17) is 0 Å². The second-order valence-corrected chi connectivity index (χ2v) is 4.22. The summed E-state index contributed by atoms with van der Waals surface area (Å²) in [5.74, 6) is 0.471. The third kappa shape index (κ3) is 1.57. The zero-order valence-corrected chi connectivity index (χ0v) is 9.13. The lowest BCUT2D eigenvalue weighted by Crippen LogP contribution is -2.34. The molecule has 7 heteroatoms. The van der Waals surface area contributed by atoms with E-state index in [0.717, 1.165) is 8.25 Å². The number of hydrogen-bond donors (Lipinski definition) is 1. The van der Waals surface area contributed by atoms with E-state index in [1.165, 1.54) is 6.20 Å². The number of anilines is 1. The Kier molecular flexibility index (Phi) is 2.36. The topological polar surface area (TPSA) is 29.9 Å². The molecule has 14 heavy (non-hydrogen) atoms. The molecule has 1 aromatic rings. The van der Waals surface area contributed by atoms with Crippen molar-refractivity contribution in [2.45, 2.75) is 18.6 Å². The standard InChI is InChI=1S/C7H7F3IN3/c8-7(9,10)5-1-2-12-6-4(11)3-13-14(5)6/h3,5,12H,1-2H2. The zero-order chi connectivity index (χ0) is 10.3. The molecular weight excluding hydrogens is 310 g/mol. The zero-order valence-electron chi connectivity index (χ0n) is 6.98. The van der Waals surface area contributed by atoms with Crippen molar-refractivity contribution in [1.82, 2.24) is 9.78 Å². The molecule has 0 spiro atoms. The first-order chi connectivity index (χ1) is 6.50. The number of nitrogens with zero attached hydrogens (tertiary/aromatic N) is 2. The third-order valence-corrected chi connectivity index (χ3v) is 2.92. The summed E-state index contributed by atoms with van der Waals surface area (Å²) in [6.07, 6.45) is -2.74. The van der Waals surface area contributed by atoms with E-state index in [2.05, 4.69) is 10.4 Å². The van der Waals surface area contributed by atoms with Gasteiger partial charge in [0.1, 0.15) is 5.82 Å². The normalized spacial score (nSPS) is 21.6. The first kappa shape index (κ1) is 10.1. The highest BCUT2D eigenvalue weighted by molar-refractivity contribution is 14.1. The van der Waals surface area contributed by atoms with Crippen molar-refractivity contribution in [1.29, 1.82) is 0 Å². The maximum Gasteiger partial charge on any atom is 0.410 e. The highest BCUT2D eigenvalue weighted by Gasteiger charge is 2.44. The van der Waals surface area contributed by atoms with Crippen LogP contribution >= 0.6 is 22.6 Å². The number of halogens is 4. The Balaban J connectivity index is 2.41. The van der Waals surface area contributed by atoms with Gasteiger partial charge in [0.2, 0.25) is 0 Å². The van der Waals surface area contributed by atoms with Crippen molar-refractivity contribution in [2.75, 3.05) is 11.9 Å². The van der Waals surface area contributed by atoms with Crippen molar-refractivity contribution in [3.63, 3.8) is 0 Å². The predicted molar refractivity (Wildman–Crippen MR) is 53.1 cm³/mol. The van der Waals surface area contributed by atoms with Crippen LogP contribution in [0.15, 0.2) is 6.20 Å². The minimum atomic E-state index is -4.22. The minimum Gasteiger partial charge on any atom is -0.369 e. The molecular formula is C7H7F3IN3. The molecule has 0 fully saturated rings. The Morgan fingerprint density at radius 2 is 2.29 bits per heavy atom. The summed E-state index contributed by atoms with van der Waals surface area (Å²) in [4.78, 5) is 0. The van der Waals surface area contributed by atoms with Crippen LogP contribution in [0.25, 0.3) is 0 Å². The summed E-state index contributed by atoms with van der Waals surface area (Å²) in [6.45, 7) is 0.339. The predicted octanol–water partition coefficient (Wildman–Crippen LogP) is 2.41. The summed E-state index contributed by atoms with van der Waals surface area (Å²) in [5, 5.41) is 6.64. The Hall–Kier alpha value is -0.470. The average Bonchev–Trinajstić information content (AvgIpc) is 2.46. The van der Waals surface area contributed by atoms with Gasteiger partial charge in [-0.1, -0.05) is 0 Å². The van der Waals surface area contributed by atoms with Crippen LogP contribution in [0.1, 0.15) is 12.5 Å². The van der Waals surface area contributed by atoms with Crippen molar-refractivity contribution in [3.05, 3.63) is 9.77 Å². The third-order valence-electron chi connectivity index (χ3n) is 2.13. The first-order valence-corrected chi connectivity index (χ1v) is 5.11. The SMILES string of the molecule is FC(F)(F)C1CCNc2c(I)cnn21. The molecule has 0 bridgehead atoms. The molecule has 1 aliphatic heterocycles. The van der Waals surface area contributed by atoms with Crippen LogP contribution in [0.3, 0.4) is 0 Å². The molecule has 78 valence electrons. The molecule has 0 radical (unpaired) electrons. The molecule has 1 atom stereocenters. The van der Waals surface area contributed by atoms with Gasteiger partial charge in [-0.25, -0.2) is 4.68 Å². The number of hydrogen-bond acceptors (Lipinski definition) is 2. The Morgan fingerprint density at radius 1 is 1.57 bits per heavy atom. The summed E-state index contributed by atoms with van der Waals surface area (Å²) in [7, 11) is 0. The van der Waals surface area contributed by atoms with Gasteiger partial charge in [-0.2, -0.15) is 18.3 Å². The van der Waals surface area contributed by atoms with E-state index in [1.54, 1.807) is 0 Å². The molecule has 1 N–H and O–H groups in total. The molecule has 1 aliphatic rings. The lowest BCUT2D eigenvalue weighted by atomic mass is 10.1. The van der Waals surface area contributed by atoms with Crippen LogP contribution in [-0.4, -0.2) is 22.5 Å². The average molecular weight is 317 g/mol. The van der Waals surface area contributed by atoms with Crippen LogP contribution < -0.4 is 5.32 Å². The maximum atomic E-state index is 12.5. The van der Waals surface area contributed by atoms with E-state index in [9.17, 15) is 13.2 Å². The van der Waals surface area contributed by atoms with E-state index < -0.39 is 12.2 Å².